The highest BCUT2D eigenvalue weighted by atomic mass is 16.4. The molecular weight excluding hydrogens is 302 g/mol. The molecule has 3 N–H and O–H groups in total. The van der Waals surface area contributed by atoms with Gasteiger partial charge in [-0.15, -0.1) is 0 Å². The molecule has 2 amide bonds. The van der Waals surface area contributed by atoms with Crippen LogP contribution in [0.5, 0.6) is 0 Å². The Hall–Kier alpha value is -3.48. The van der Waals surface area contributed by atoms with E-state index in [0.717, 1.165) is 0 Å². The molecule has 0 saturated heterocycles. The van der Waals surface area contributed by atoms with E-state index in [9.17, 15) is 19.2 Å². The van der Waals surface area contributed by atoms with Crippen LogP contribution in [0.15, 0.2) is 48.5 Å². The molecule has 0 aromatic heterocycles. The fourth-order valence-electron chi connectivity index (χ4n) is 1.97. The largest absolute Gasteiger partial charge is 0.478 e. The molecule has 0 fully saturated rings. The lowest BCUT2D eigenvalue weighted by molar-refractivity contribution is 0.0651. The van der Waals surface area contributed by atoms with Gasteiger partial charge in [0.05, 0.1) is 22.3 Å². The second-order valence-corrected chi connectivity index (χ2v) is 4.48. The van der Waals surface area contributed by atoms with Crippen molar-refractivity contribution in [3.8, 4) is 0 Å². The first-order valence-electron chi connectivity index (χ1n) is 6.42. The molecule has 1 aliphatic heterocycles. The van der Waals surface area contributed by atoms with E-state index in [-0.39, 0.29) is 22.9 Å². The maximum absolute atomic E-state index is 10.9. The number of imide groups is 1. The summed E-state index contributed by atoms with van der Waals surface area (Å²) < 4.78 is 0. The van der Waals surface area contributed by atoms with Gasteiger partial charge in [0.25, 0.3) is 11.8 Å². The molecule has 0 bridgehead atoms. The minimum Gasteiger partial charge on any atom is -0.478 e. The van der Waals surface area contributed by atoms with Gasteiger partial charge in [0.15, 0.2) is 0 Å². The van der Waals surface area contributed by atoms with Gasteiger partial charge in [0, 0.05) is 0 Å². The summed E-state index contributed by atoms with van der Waals surface area (Å²) in [6, 6.07) is 12.2. The summed E-state index contributed by atoms with van der Waals surface area (Å²) in [6.45, 7) is 0. The van der Waals surface area contributed by atoms with Crippen molar-refractivity contribution in [1.82, 2.24) is 5.32 Å². The van der Waals surface area contributed by atoms with E-state index in [1.54, 1.807) is 24.3 Å². The Labute approximate surface area is 130 Å². The van der Waals surface area contributed by atoms with Gasteiger partial charge in [-0.05, 0) is 24.3 Å². The van der Waals surface area contributed by atoms with Crippen molar-refractivity contribution in [3.63, 3.8) is 0 Å². The molecule has 3 rings (SSSR count). The molecule has 7 heteroatoms. The van der Waals surface area contributed by atoms with Gasteiger partial charge in [0.1, 0.15) is 0 Å². The third kappa shape index (κ3) is 3.41. The highest BCUT2D eigenvalue weighted by Gasteiger charge is 2.25. The SMILES string of the molecule is O=C(O)c1ccccc1C(=O)O.O=C1NC(=O)c2ccccc21. The van der Waals surface area contributed by atoms with E-state index < -0.39 is 11.9 Å². The van der Waals surface area contributed by atoms with E-state index in [1.807, 2.05) is 0 Å². The molecule has 7 nitrogen and oxygen atoms in total. The Morgan fingerprint density at radius 3 is 1.39 bits per heavy atom. The van der Waals surface area contributed by atoms with Crippen LogP contribution in [0.25, 0.3) is 0 Å². The Morgan fingerprint density at radius 1 is 0.696 bits per heavy atom. The van der Waals surface area contributed by atoms with Crippen molar-refractivity contribution in [2.45, 2.75) is 0 Å². The zero-order valence-corrected chi connectivity index (χ0v) is 11.6. The Kier molecular flexibility index (Phi) is 4.51. The standard InChI is InChI=1S/C8H5NO2.C8H6O4/c10-7-5-3-1-2-4-6(5)8(11)9-7;9-7(10)5-3-1-2-4-6(5)8(11)12/h1-4H,(H,9,10,11);1-4H,(H,9,10)(H,11,12). The number of hydrogen-bond donors (Lipinski definition) is 3. The van der Waals surface area contributed by atoms with Crippen molar-refractivity contribution >= 4 is 23.8 Å². The fourth-order valence-corrected chi connectivity index (χ4v) is 1.97. The fraction of sp³-hybridized carbons (Fsp3) is 0. The van der Waals surface area contributed by atoms with Crippen LogP contribution in [0.3, 0.4) is 0 Å². The molecule has 0 radical (unpaired) electrons. The molecule has 23 heavy (non-hydrogen) atoms. The summed E-state index contributed by atoms with van der Waals surface area (Å²) in [5, 5.41) is 19.3. The monoisotopic (exact) mass is 313 g/mol. The Balaban J connectivity index is 0.000000167. The van der Waals surface area contributed by atoms with E-state index >= 15 is 0 Å². The molecule has 2 aromatic carbocycles. The van der Waals surface area contributed by atoms with Crippen LogP contribution in [-0.4, -0.2) is 34.0 Å². The van der Waals surface area contributed by atoms with Gasteiger partial charge >= 0.3 is 11.9 Å². The molecule has 116 valence electrons. The highest BCUT2D eigenvalue weighted by molar-refractivity contribution is 6.21. The third-order valence-corrected chi connectivity index (χ3v) is 3.03. The lowest BCUT2D eigenvalue weighted by Gasteiger charge is -1.98. The summed E-state index contributed by atoms with van der Waals surface area (Å²) in [5.41, 5.74) is 0.560. The zero-order chi connectivity index (χ0) is 17.0. The van der Waals surface area contributed by atoms with Gasteiger partial charge in [-0.3, -0.25) is 14.9 Å². The zero-order valence-electron chi connectivity index (χ0n) is 11.6. The molecule has 1 aliphatic rings. The summed E-state index contributed by atoms with van der Waals surface area (Å²) in [4.78, 5) is 42.8. The maximum Gasteiger partial charge on any atom is 0.336 e. The number of aromatic carboxylic acids is 2. The van der Waals surface area contributed by atoms with E-state index in [4.69, 9.17) is 10.2 Å². The number of amides is 2. The van der Waals surface area contributed by atoms with Crippen molar-refractivity contribution in [3.05, 3.63) is 70.8 Å². The van der Waals surface area contributed by atoms with Crippen molar-refractivity contribution in [2.24, 2.45) is 0 Å². The second-order valence-electron chi connectivity index (χ2n) is 4.48. The molecule has 0 saturated carbocycles. The third-order valence-electron chi connectivity index (χ3n) is 3.03. The number of fused-ring (bicyclic) bond motifs is 1. The normalized spacial score (nSPS) is 11.8. The van der Waals surface area contributed by atoms with Gasteiger partial charge < -0.3 is 10.2 Å². The molecule has 1 heterocycles. The first-order valence-corrected chi connectivity index (χ1v) is 6.42. The molecule has 0 aliphatic carbocycles. The molecule has 0 atom stereocenters. The summed E-state index contributed by atoms with van der Waals surface area (Å²) in [5.74, 6) is -3.06. The predicted octanol–water partition coefficient (Wildman–Crippen LogP) is 1.65. The van der Waals surface area contributed by atoms with Gasteiger partial charge in [-0.1, -0.05) is 24.3 Å². The highest BCUT2D eigenvalue weighted by Crippen LogP contribution is 2.13. The number of rotatable bonds is 2. The van der Waals surface area contributed by atoms with E-state index in [2.05, 4.69) is 5.32 Å². The van der Waals surface area contributed by atoms with Crippen LogP contribution in [0.4, 0.5) is 0 Å². The average Bonchev–Trinajstić information content (AvgIpc) is 2.83. The van der Waals surface area contributed by atoms with Crippen molar-refractivity contribution < 1.29 is 29.4 Å². The first kappa shape index (κ1) is 15.9. The van der Waals surface area contributed by atoms with Crippen LogP contribution in [-0.2, 0) is 0 Å². The smallest absolute Gasteiger partial charge is 0.336 e. The van der Waals surface area contributed by atoms with Crippen molar-refractivity contribution in [2.75, 3.05) is 0 Å². The summed E-state index contributed by atoms with van der Waals surface area (Å²) in [6.07, 6.45) is 0. The van der Waals surface area contributed by atoms with Crippen molar-refractivity contribution in [1.29, 1.82) is 0 Å². The first-order chi connectivity index (χ1) is 10.9. The van der Waals surface area contributed by atoms with Gasteiger partial charge in [-0.2, -0.15) is 0 Å². The van der Waals surface area contributed by atoms with Crippen LogP contribution in [0, 0.1) is 0 Å². The average molecular weight is 313 g/mol. The van der Waals surface area contributed by atoms with E-state index in [1.165, 1.54) is 24.3 Å². The molecule has 0 spiro atoms. The number of carboxylic acids is 2. The predicted molar refractivity (Wildman–Crippen MR) is 78.6 cm³/mol. The topological polar surface area (TPSA) is 121 Å². The number of carbonyl (C=O) groups excluding carboxylic acids is 2. The van der Waals surface area contributed by atoms with Crippen LogP contribution in [0.1, 0.15) is 41.4 Å². The molecular formula is C16H11NO6. The summed E-state index contributed by atoms with van der Waals surface area (Å²) in [7, 11) is 0. The maximum atomic E-state index is 10.9. The van der Waals surface area contributed by atoms with Gasteiger partial charge in [-0.25, -0.2) is 9.59 Å². The van der Waals surface area contributed by atoms with Crippen LogP contribution < -0.4 is 5.32 Å². The number of nitrogens with one attached hydrogen (secondary N) is 1. The minimum absolute atomic E-state index is 0.190. The van der Waals surface area contributed by atoms with Crippen LogP contribution in [0.2, 0.25) is 0 Å². The molecule has 0 unspecified atom stereocenters. The van der Waals surface area contributed by atoms with E-state index in [0.29, 0.717) is 11.1 Å². The summed E-state index contributed by atoms with van der Waals surface area (Å²) >= 11 is 0. The van der Waals surface area contributed by atoms with Crippen LogP contribution >= 0.6 is 0 Å². The Bertz CT molecular complexity index is 746. The second kappa shape index (κ2) is 6.52. The number of carboxylic acid groups (broad SMARTS) is 2. The minimum atomic E-state index is -1.23. The number of carbonyl (C=O) groups is 4. The number of benzene rings is 2. The van der Waals surface area contributed by atoms with Gasteiger partial charge in [0.2, 0.25) is 0 Å². The molecule has 2 aromatic rings. The quantitative estimate of drug-likeness (QED) is 0.725. The Morgan fingerprint density at radius 2 is 1.04 bits per heavy atom. The number of hydrogen-bond acceptors (Lipinski definition) is 4. The lowest BCUT2D eigenvalue weighted by Crippen LogP contribution is -2.19. The lowest BCUT2D eigenvalue weighted by atomic mass is 10.1.